The summed E-state index contributed by atoms with van der Waals surface area (Å²) >= 11 is 0. The molecule has 0 bridgehead atoms. The summed E-state index contributed by atoms with van der Waals surface area (Å²) in [5, 5.41) is 11.9. The van der Waals surface area contributed by atoms with Gasteiger partial charge in [-0.15, -0.1) is 0 Å². The number of carbonyl (C=O) groups is 2. The van der Waals surface area contributed by atoms with Gasteiger partial charge in [0.15, 0.2) is 0 Å². The Labute approximate surface area is 109 Å². The topological polar surface area (TPSA) is 69.6 Å². The zero-order chi connectivity index (χ0) is 13.5. The molecule has 104 valence electrons. The van der Waals surface area contributed by atoms with Gasteiger partial charge in [-0.05, 0) is 32.9 Å². The highest BCUT2D eigenvalue weighted by Crippen LogP contribution is 2.29. The number of rotatable bonds is 6. The van der Waals surface area contributed by atoms with Gasteiger partial charge in [-0.3, -0.25) is 9.59 Å². The Hall–Kier alpha value is -1.10. The summed E-state index contributed by atoms with van der Waals surface area (Å²) in [5.74, 6) is -1.21. The number of nitrogens with one attached hydrogen (secondary N) is 1. The minimum absolute atomic E-state index is 0.0189. The molecule has 0 aromatic rings. The minimum Gasteiger partial charge on any atom is -0.481 e. The van der Waals surface area contributed by atoms with Crippen LogP contribution in [0.15, 0.2) is 0 Å². The molecule has 2 unspecified atom stereocenters. The van der Waals surface area contributed by atoms with Crippen molar-refractivity contribution in [2.24, 2.45) is 11.8 Å². The Morgan fingerprint density at radius 2 is 2.00 bits per heavy atom. The number of carbonyl (C=O) groups excluding carboxylic acids is 1. The predicted molar refractivity (Wildman–Crippen MR) is 69.3 cm³/mol. The Morgan fingerprint density at radius 1 is 1.33 bits per heavy atom. The maximum absolute atomic E-state index is 11.9. The van der Waals surface area contributed by atoms with Crippen LogP contribution in [-0.2, 0) is 9.59 Å². The summed E-state index contributed by atoms with van der Waals surface area (Å²) in [4.78, 5) is 25.0. The van der Waals surface area contributed by atoms with Gasteiger partial charge in [-0.2, -0.15) is 0 Å². The normalized spacial score (nSPS) is 23.9. The SMILES string of the molecule is CCN(C)CCNC(=O)C1CCCC(C(=O)O)C1. The number of nitrogens with zero attached hydrogens (tertiary/aromatic N) is 1. The molecule has 0 aliphatic heterocycles. The lowest BCUT2D eigenvalue weighted by atomic mass is 9.81. The third-order valence-electron chi connectivity index (χ3n) is 3.73. The summed E-state index contributed by atoms with van der Waals surface area (Å²) in [6.45, 7) is 4.50. The molecule has 5 nitrogen and oxygen atoms in total. The molecular formula is C13H24N2O3. The van der Waals surface area contributed by atoms with Gasteiger partial charge in [0.05, 0.1) is 5.92 Å². The average molecular weight is 256 g/mol. The van der Waals surface area contributed by atoms with E-state index in [9.17, 15) is 9.59 Å². The molecule has 0 radical (unpaired) electrons. The van der Waals surface area contributed by atoms with Crippen LogP contribution >= 0.6 is 0 Å². The van der Waals surface area contributed by atoms with E-state index in [2.05, 4.69) is 17.1 Å². The van der Waals surface area contributed by atoms with Gasteiger partial charge in [0.1, 0.15) is 0 Å². The maximum atomic E-state index is 11.9. The summed E-state index contributed by atoms with van der Waals surface area (Å²) in [7, 11) is 2.01. The van der Waals surface area contributed by atoms with Crippen LogP contribution in [0.3, 0.4) is 0 Å². The number of hydrogen-bond donors (Lipinski definition) is 2. The first-order valence-electron chi connectivity index (χ1n) is 6.73. The van der Waals surface area contributed by atoms with Crippen LogP contribution in [0.2, 0.25) is 0 Å². The molecule has 1 rings (SSSR count). The highest BCUT2D eigenvalue weighted by atomic mass is 16.4. The molecule has 2 N–H and O–H groups in total. The molecule has 18 heavy (non-hydrogen) atoms. The van der Waals surface area contributed by atoms with Gasteiger partial charge in [-0.25, -0.2) is 0 Å². The maximum Gasteiger partial charge on any atom is 0.306 e. The van der Waals surface area contributed by atoms with Crippen molar-refractivity contribution in [1.29, 1.82) is 0 Å². The Morgan fingerprint density at radius 3 is 2.61 bits per heavy atom. The van der Waals surface area contributed by atoms with Crippen LogP contribution in [0, 0.1) is 11.8 Å². The van der Waals surface area contributed by atoms with Crippen molar-refractivity contribution in [3.63, 3.8) is 0 Å². The van der Waals surface area contributed by atoms with E-state index in [1.54, 1.807) is 0 Å². The van der Waals surface area contributed by atoms with Gasteiger partial charge >= 0.3 is 5.97 Å². The Kier molecular flexibility index (Phi) is 6.12. The molecule has 2 atom stereocenters. The quantitative estimate of drug-likeness (QED) is 0.742. The summed E-state index contributed by atoms with van der Waals surface area (Å²) < 4.78 is 0. The third kappa shape index (κ3) is 4.64. The fraction of sp³-hybridized carbons (Fsp3) is 0.846. The average Bonchev–Trinajstić information content (AvgIpc) is 2.38. The number of likely N-dealkylation sites (N-methyl/N-ethyl adjacent to an activating group) is 1. The molecule has 0 aromatic heterocycles. The number of amides is 1. The van der Waals surface area contributed by atoms with E-state index in [0.717, 1.165) is 25.9 Å². The van der Waals surface area contributed by atoms with Crippen LogP contribution in [0.5, 0.6) is 0 Å². The second kappa shape index (κ2) is 7.36. The summed E-state index contributed by atoms with van der Waals surface area (Å²) in [6.07, 6.45) is 2.85. The molecule has 1 fully saturated rings. The lowest BCUT2D eigenvalue weighted by Crippen LogP contribution is -2.38. The van der Waals surface area contributed by atoms with Crippen LogP contribution in [-0.4, -0.2) is 48.6 Å². The molecule has 1 aliphatic carbocycles. The van der Waals surface area contributed by atoms with E-state index < -0.39 is 5.97 Å². The third-order valence-corrected chi connectivity index (χ3v) is 3.73. The first kappa shape index (κ1) is 15.0. The van der Waals surface area contributed by atoms with Crippen molar-refractivity contribution in [3.05, 3.63) is 0 Å². The molecule has 0 spiro atoms. The fourth-order valence-corrected chi connectivity index (χ4v) is 2.32. The Bertz CT molecular complexity index is 294. The van der Waals surface area contributed by atoms with E-state index in [4.69, 9.17) is 5.11 Å². The smallest absolute Gasteiger partial charge is 0.306 e. The summed E-state index contributed by atoms with van der Waals surface area (Å²) in [5.41, 5.74) is 0. The van der Waals surface area contributed by atoms with Gasteiger partial charge in [0.25, 0.3) is 0 Å². The van der Waals surface area contributed by atoms with Crippen molar-refractivity contribution in [2.45, 2.75) is 32.6 Å². The van der Waals surface area contributed by atoms with Crippen LogP contribution in [0.4, 0.5) is 0 Å². The zero-order valence-corrected chi connectivity index (χ0v) is 11.3. The van der Waals surface area contributed by atoms with Crippen LogP contribution in [0.25, 0.3) is 0 Å². The second-order valence-electron chi connectivity index (χ2n) is 5.09. The second-order valence-corrected chi connectivity index (χ2v) is 5.09. The van der Waals surface area contributed by atoms with E-state index >= 15 is 0 Å². The van der Waals surface area contributed by atoms with Crippen molar-refractivity contribution in [2.75, 3.05) is 26.7 Å². The van der Waals surface area contributed by atoms with Gasteiger partial charge in [-0.1, -0.05) is 13.3 Å². The van der Waals surface area contributed by atoms with Crippen molar-refractivity contribution in [1.82, 2.24) is 10.2 Å². The van der Waals surface area contributed by atoms with Crippen LogP contribution in [0.1, 0.15) is 32.6 Å². The molecule has 5 heteroatoms. The number of hydrogen-bond acceptors (Lipinski definition) is 3. The molecule has 1 amide bonds. The Balaban J connectivity index is 2.30. The monoisotopic (exact) mass is 256 g/mol. The minimum atomic E-state index is -0.766. The van der Waals surface area contributed by atoms with E-state index in [1.165, 1.54) is 0 Å². The summed E-state index contributed by atoms with van der Waals surface area (Å²) in [6, 6.07) is 0. The highest BCUT2D eigenvalue weighted by molar-refractivity contribution is 5.80. The molecule has 1 aliphatic rings. The largest absolute Gasteiger partial charge is 0.481 e. The zero-order valence-electron chi connectivity index (χ0n) is 11.3. The molecular weight excluding hydrogens is 232 g/mol. The first-order chi connectivity index (χ1) is 8.54. The highest BCUT2D eigenvalue weighted by Gasteiger charge is 2.30. The van der Waals surface area contributed by atoms with Gasteiger partial charge in [0, 0.05) is 19.0 Å². The van der Waals surface area contributed by atoms with Crippen molar-refractivity contribution < 1.29 is 14.7 Å². The van der Waals surface area contributed by atoms with Gasteiger partial charge in [0.2, 0.25) is 5.91 Å². The number of carboxylic acids is 1. The predicted octanol–water partition coefficient (Wildman–Crippen LogP) is 0.945. The standard InChI is InChI=1S/C13H24N2O3/c1-3-15(2)8-7-14-12(16)10-5-4-6-11(9-10)13(17)18/h10-11H,3-9H2,1-2H3,(H,14,16)(H,17,18). The van der Waals surface area contributed by atoms with E-state index in [1.807, 2.05) is 7.05 Å². The molecule has 0 saturated heterocycles. The fourth-order valence-electron chi connectivity index (χ4n) is 2.32. The molecule has 1 saturated carbocycles. The van der Waals surface area contributed by atoms with Crippen LogP contribution < -0.4 is 5.32 Å². The van der Waals surface area contributed by atoms with Crippen molar-refractivity contribution >= 4 is 11.9 Å². The molecule has 0 heterocycles. The van der Waals surface area contributed by atoms with Gasteiger partial charge < -0.3 is 15.3 Å². The van der Waals surface area contributed by atoms with E-state index in [0.29, 0.717) is 19.4 Å². The first-order valence-corrected chi connectivity index (χ1v) is 6.73. The van der Waals surface area contributed by atoms with E-state index in [-0.39, 0.29) is 17.7 Å². The van der Waals surface area contributed by atoms with Crippen molar-refractivity contribution in [3.8, 4) is 0 Å². The number of aliphatic carboxylic acids is 1. The number of carboxylic acid groups (broad SMARTS) is 1. The lowest BCUT2D eigenvalue weighted by molar-refractivity contribution is -0.144. The molecule has 0 aromatic carbocycles. The lowest BCUT2D eigenvalue weighted by Gasteiger charge is -2.26.